The van der Waals surface area contributed by atoms with Gasteiger partial charge in [0, 0.05) is 31.0 Å². The summed E-state index contributed by atoms with van der Waals surface area (Å²) in [7, 11) is -4.15. The van der Waals surface area contributed by atoms with Gasteiger partial charge in [-0.3, -0.25) is 9.63 Å². The Hall–Kier alpha value is -2.47. The molecule has 11 heteroatoms. The molecule has 1 aromatic heterocycles. The molecule has 2 unspecified atom stereocenters. The number of H-pyrrole nitrogens is 1. The Morgan fingerprint density at radius 2 is 2.06 bits per heavy atom. The summed E-state index contributed by atoms with van der Waals surface area (Å²) in [6.45, 7) is 5.85. The fourth-order valence-corrected chi connectivity index (χ4v) is 4.91. The number of aryl methyl sites for hydroxylation is 2. The molecular formula is C20H29N6O4S. The van der Waals surface area contributed by atoms with E-state index in [0.29, 0.717) is 23.2 Å². The predicted molar refractivity (Wildman–Crippen MR) is 117 cm³/mol. The zero-order chi connectivity index (χ0) is 22.6. The molecule has 1 aliphatic rings. The summed E-state index contributed by atoms with van der Waals surface area (Å²) >= 11 is 0. The zero-order valence-corrected chi connectivity index (χ0v) is 18.7. The van der Waals surface area contributed by atoms with E-state index in [1.807, 2.05) is 0 Å². The molecule has 2 atom stereocenters. The molecule has 1 radical (unpaired) electrons. The van der Waals surface area contributed by atoms with E-state index in [0.717, 1.165) is 37.3 Å². The van der Waals surface area contributed by atoms with Gasteiger partial charge in [0.15, 0.2) is 5.95 Å². The maximum Gasteiger partial charge on any atom is 0.254 e. The number of anilines is 2. The van der Waals surface area contributed by atoms with Crippen molar-refractivity contribution < 1.29 is 18.0 Å². The summed E-state index contributed by atoms with van der Waals surface area (Å²) in [6, 6.07) is 1.14. The zero-order valence-electron chi connectivity index (χ0n) is 17.9. The van der Waals surface area contributed by atoms with E-state index in [1.54, 1.807) is 39.2 Å². The van der Waals surface area contributed by atoms with Gasteiger partial charge in [0.1, 0.15) is 6.04 Å². The highest BCUT2D eigenvalue weighted by Crippen LogP contribution is 2.30. The summed E-state index contributed by atoms with van der Waals surface area (Å²) in [5.74, 6) is 0.462. The second-order valence-electron chi connectivity index (χ2n) is 7.84. The number of amides is 1. The van der Waals surface area contributed by atoms with E-state index in [9.17, 15) is 13.2 Å². The Kier molecular flexibility index (Phi) is 7.31. The van der Waals surface area contributed by atoms with Crippen LogP contribution in [0.25, 0.3) is 0 Å². The lowest BCUT2D eigenvalue weighted by atomic mass is 10.0. The van der Waals surface area contributed by atoms with Crippen molar-refractivity contribution in [1.82, 2.24) is 20.6 Å². The van der Waals surface area contributed by atoms with Crippen molar-refractivity contribution >= 4 is 27.6 Å². The molecule has 1 saturated heterocycles. The van der Waals surface area contributed by atoms with Crippen molar-refractivity contribution in [2.75, 3.05) is 17.2 Å². The number of rotatable bonds is 9. The lowest BCUT2D eigenvalue weighted by Crippen LogP contribution is -2.35. The molecule has 1 aromatic carbocycles. The number of carbonyl (C=O) groups is 1. The molecule has 1 amide bonds. The van der Waals surface area contributed by atoms with Crippen molar-refractivity contribution in [3.63, 3.8) is 0 Å². The third kappa shape index (κ3) is 5.82. The van der Waals surface area contributed by atoms with E-state index in [2.05, 4.69) is 26.1 Å². The van der Waals surface area contributed by atoms with E-state index in [4.69, 9.17) is 9.98 Å². The number of nitrogens with zero attached hydrogens (tertiary/aromatic N) is 1. The van der Waals surface area contributed by atoms with Crippen molar-refractivity contribution in [3.05, 3.63) is 35.2 Å². The first-order valence-corrected chi connectivity index (χ1v) is 11.7. The molecule has 5 N–H and O–H groups in total. The van der Waals surface area contributed by atoms with Crippen LogP contribution in [-0.2, 0) is 19.7 Å². The van der Waals surface area contributed by atoms with Gasteiger partial charge in [0.05, 0.1) is 11.0 Å². The van der Waals surface area contributed by atoms with E-state index < -0.39 is 16.1 Å². The van der Waals surface area contributed by atoms with Gasteiger partial charge in [-0.15, -0.1) is 5.14 Å². The summed E-state index contributed by atoms with van der Waals surface area (Å²) in [5.41, 5.74) is 4.83. The minimum Gasteiger partial charge on any atom is -0.356 e. The number of carbonyl (C=O) groups excluding carboxylic acids is 1. The summed E-state index contributed by atoms with van der Waals surface area (Å²) in [6.07, 6.45) is 6.63. The number of unbranched alkanes of at least 4 members (excludes halogenated alkanes) is 1. The van der Waals surface area contributed by atoms with Crippen LogP contribution >= 0.6 is 0 Å². The molecule has 0 saturated carbocycles. The first-order chi connectivity index (χ1) is 14.7. The van der Waals surface area contributed by atoms with Crippen molar-refractivity contribution in [3.8, 4) is 0 Å². The van der Waals surface area contributed by atoms with Gasteiger partial charge in [0.25, 0.3) is 10.0 Å². The van der Waals surface area contributed by atoms with Gasteiger partial charge in [-0.05, 0) is 56.7 Å². The number of aromatic nitrogens is 2. The average molecular weight is 450 g/mol. The number of imidazole rings is 1. The first-order valence-electron chi connectivity index (χ1n) is 10.2. The number of sulfonamides is 1. The Bertz CT molecular complexity index is 1020. The van der Waals surface area contributed by atoms with Crippen molar-refractivity contribution in [2.45, 2.75) is 63.5 Å². The molecule has 1 aliphatic heterocycles. The minimum absolute atomic E-state index is 0.0648. The van der Waals surface area contributed by atoms with Crippen LogP contribution in [-0.4, -0.2) is 43.0 Å². The smallest absolute Gasteiger partial charge is 0.254 e. The second-order valence-corrected chi connectivity index (χ2v) is 9.25. The third-order valence-electron chi connectivity index (χ3n) is 5.35. The average Bonchev–Trinajstić information content (AvgIpc) is 3.35. The van der Waals surface area contributed by atoms with E-state index in [-0.39, 0.29) is 16.9 Å². The number of hydroxylamine groups is 1. The van der Waals surface area contributed by atoms with Gasteiger partial charge in [-0.25, -0.2) is 13.4 Å². The van der Waals surface area contributed by atoms with Gasteiger partial charge in [0.2, 0.25) is 5.91 Å². The molecule has 10 nitrogen and oxygen atoms in total. The number of benzene rings is 1. The molecule has 2 aromatic rings. The van der Waals surface area contributed by atoms with Gasteiger partial charge in [-0.1, -0.05) is 6.07 Å². The van der Waals surface area contributed by atoms with Gasteiger partial charge >= 0.3 is 0 Å². The number of aromatic amines is 1. The maximum absolute atomic E-state index is 12.7. The highest BCUT2D eigenvalue weighted by Gasteiger charge is 2.31. The fraction of sp³-hybridized carbons (Fsp3) is 0.500. The quantitative estimate of drug-likeness (QED) is 0.429. The highest BCUT2D eigenvalue weighted by molar-refractivity contribution is 7.89. The molecule has 31 heavy (non-hydrogen) atoms. The maximum atomic E-state index is 12.7. The van der Waals surface area contributed by atoms with Crippen LogP contribution in [0.2, 0.25) is 0 Å². The minimum atomic E-state index is -4.15. The van der Waals surface area contributed by atoms with Crippen molar-refractivity contribution in [2.24, 2.45) is 0 Å². The molecule has 0 aliphatic carbocycles. The first kappa shape index (κ1) is 23.2. The lowest BCUT2D eigenvalue weighted by Gasteiger charge is -2.18. The molecule has 0 spiro atoms. The molecule has 2 heterocycles. The molecule has 3 rings (SSSR count). The van der Waals surface area contributed by atoms with Crippen molar-refractivity contribution in [1.29, 1.82) is 0 Å². The summed E-state index contributed by atoms with van der Waals surface area (Å²) in [4.78, 5) is 25.3. The Balaban J connectivity index is 1.51. The Morgan fingerprint density at radius 1 is 1.29 bits per heavy atom. The van der Waals surface area contributed by atoms with E-state index >= 15 is 0 Å². The van der Waals surface area contributed by atoms with Crippen LogP contribution in [0.1, 0.15) is 42.4 Å². The Labute approximate surface area is 182 Å². The summed E-state index contributed by atoms with van der Waals surface area (Å²) < 4.78 is 23.7. The second kappa shape index (κ2) is 9.77. The molecular weight excluding hydrogens is 420 g/mol. The van der Waals surface area contributed by atoms with Crippen LogP contribution in [0.3, 0.4) is 0 Å². The topological polar surface area (TPSA) is 149 Å². The number of hydrogen-bond acceptors (Lipinski definition) is 7. The number of nitrogens with one attached hydrogen (secondary N) is 5. The van der Waals surface area contributed by atoms with Crippen LogP contribution < -0.4 is 21.3 Å². The monoisotopic (exact) mass is 449 g/mol. The lowest BCUT2D eigenvalue weighted by molar-refractivity contribution is -0.119. The van der Waals surface area contributed by atoms with Crippen LogP contribution in [0.4, 0.5) is 11.6 Å². The van der Waals surface area contributed by atoms with Gasteiger partial charge in [-0.2, -0.15) is 5.48 Å². The SMILES string of the molecule is Cc1cc(C)c(S([NH])(=O)=O)c(C)c1NC(=O)C1CC(CCCCNc2ncc[nH]2)ON1. The van der Waals surface area contributed by atoms with Crippen LogP contribution in [0.15, 0.2) is 23.4 Å². The summed E-state index contributed by atoms with van der Waals surface area (Å²) in [5, 5.41) is 13.5. The standard InChI is InChI=1S/C20H29N6O4S/c1-12-10-13(2)18(31(21,28)29)14(3)17(12)25-19(27)16-11-15(30-26-16)6-4-5-7-22-20-23-8-9-24-20/h8-10,15-16,21,26H,4-7,11H2,1-3H3,(H,25,27)(H2,22,23,24). The largest absolute Gasteiger partial charge is 0.356 e. The third-order valence-corrected chi connectivity index (χ3v) is 6.52. The van der Waals surface area contributed by atoms with Crippen LogP contribution in [0.5, 0.6) is 0 Å². The predicted octanol–water partition coefficient (Wildman–Crippen LogP) is 2.19. The highest BCUT2D eigenvalue weighted by atomic mass is 32.2. The number of hydrogen-bond donors (Lipinski definition) is 4. The Morgan fingerprint density at radius 3 is 2.74 bits per heavy atom. The van der Waals surface area contributed by atoms with Crippen LogP contribution in [0, 0.1) is 20.8 Å². The fourth-order valence-electron chi connectivity index (χ4n) is 3.92. The molecule has 0 bridgehead atoms. The molecule has 169 valence electrons. The molecule has 1 fully saturated rings. The van der Waals surface area contributed by atoms with Gasteiger partial charge < -0.3 is 15.6 Å². The van der Waals surface area contributed by atoms with E-state index in [1.165, 1.54) is 0 Å². The normalized spacial score (nSPS) is 18.8.